The van der Waals surface area contributed by atoms with Crippen LogP contribution in [0.15, 0.2) is 12.4 Å². The van der Waals surface area contributed by atoms with E-state index in [1.165, 1.54) is 0 Å². The molecule has 2 rings (SSSR count). The molecule has 1 aromatic rings. The fourth-order valence-electron chi connectivity index (χ4n) is 2.49. The number of amides is 1. The average Bonchev–Trinajstić information content (AvgIpc) is 2.99. The van der Waals surface area contributed by atoms with Crippen LogP contribution in [0.1, 0.15) is 18.4 Å². The molecule has 19 heavy (non-hydrogen) atoms. The van der Waals surface area contributed by atoms with Crippen molar-refractivity contribution < 1.29 is 9.53 Å². The molecule has 2 N–H and O–H groups in total. The summed E-state index contributed by atoms with van der Waals surface area (Å²) in [7, 11) is 3.74. The Hall–Kier alpha value is -1.40. The van der Waals surface area contributed by atoms with Gasteiger partial charge in [0.2, 0.25) is 5.91 Å². The zero-order valence-corrected chi connectivity index (χ0v) is 11.6. The summed E-state index contributed by atoms with van der Waals surface area (Å²) in [6.07, 6.45) is 6.02. The van der Waals surface area contributed by atoms with E-state index in [1.54, 1.807) is 13.3 Å². The number of ether oxygens (including phenoxy) is 1. The van der Waals surface area contributed by atoms with Crippen LogP contribution in [0.4, 0.5) is 0 Å². The number of carbonyl (C=O) groups is 1. The predicted octanol–water partition coefficient (Wildman–Crippen LogP) is 0.178. The zero-order valence-electron chi connectivity index (χ0n) is 11.6. The van der Waals surface area contributed by atoms with Gasteiger partial charge in [0.25, 0.3) is 0 Å². The van der Waals surface area contributed by atoms with Crippen LogP contribution >= 0.6 is 0 Å². The molecule has 1 amide bonds. The number of carbonyl (C=O) groups excluding carboxylic acids is 1. The Kier molecular flexibility index (Phi) is 4.93. The monoisotopic (exact) mass is 266 g/mol. The molecule has 0 radical (unpaired) electrons. The molecule has 106 valence electrons. The minimum absolute atomic E-state index is 0.0998. The van der Waals surface area contributed by atoms with E-state index in [0.29, 0.717) is 6.42 Å². The van der Waals surface area contributed by atoms with Crippen LogP contribution in [0.25, 0.3) is 0 Å². The maximum Gasteiger partial charge on any atom is 0.220 e. The smallest absolute Gasteiger partial charge is 0.220 e. The molecule has 0 saturated carbocycles. The third-order valence-electron chi connectivity index (χ3n) is 3.52. The van der Waals surface area contributed by atoms with Gasteiger partial charge in [-0.3, -0.25) is 9.89 Å². The maximum absolute atomic E-state index is 11.9. The first-order chi connectivity index (χ1) is 9.19. The summed E-state index contributed by atoms with van der Waals surface area (Å²) in [5.74, 6) is 0.103. The van der Waals surface area contributed by atoms with E-state index in [-0.39, 0.29) is 18.1 Å². The summed E-state index contributed by atoms with van der Waals surface area (Å²) < 4.78 is 5.39. The van der Waals surface area contributed by atoms with Crippen molar-refractivity contribution in [2.75, 3.05) is 27.2 Å². The third kappa shape index (κ3) is 4.04. The number of rotatable bonds is 6. The Balaban J connectivity index is 1.69. The summed E-state index contributed by atoms with van der Waals surface area (Å²) in [5.41, 5.74) is 1.14. The van der Waals surface area contributed by atoms with Crippen LogP contribution < -0.4 is 5.32 Å². The molecule has 1 aliphatic heterocycles. The van der Waals surface area contributed by atoms with E-state index in [4.69, 9.17) is 4.74 Å². The summed E-state index contributed by atoms with van der Waals surface area (Å²) >= 11 is 0. The molecular formula is C13H22N4O2. The van der Waals surface area contributed by atoms with Gasteiger partial charge in [0, 0.05) is 32.8 Å². The Bertz CT molecular complexity index is 393. The molecule has 6 heteroatoms. The van der Waals surface area contributed by atoms with Gasteiger partial charge in [0.1, 0.15) is 0 Å². The molecule has 0 bridgehead atoms. The van der Waals surface area contributed by atoms with Crippen molar-refractivity contribution in [3.63, 3.8) is 0 Å². The van der Waals surface area contributed by atoms with Crippen molar-refractivity contribution >= 4 is 5.91 Å². The summed E-state index contributed by atoms with van der Waals surface area (Å²) in [5, 5.41) is 9.72. The van der Waals surface area contributed by atoms with Gasteiger partial charge in [0.05, 0.1) is 18.3 Å². The van der Waals surface area contributed by atoms with Crippen LogP contribution in [0, 0.1) is 0 Å². The van der Waals surface area contributed by atoms with E-state index in [2.05, 4.69) is 20.4 Å². The molecule has 0 unspecified atom stereocenters. The molecule has 1 saturated heterocycles. The molecule has 2 heterocycles. The van der Waals surface area contributed by atoms with Crippen LogP contribution in [0.2, 0.25) is 0 Å². The number of hydrogen-bond donors (Lipinski definition) is 2. The van der Waals surface area contributed by atoms with Gasteiger partial charge in [-0.1, -0.05) is 0 Å². The van der Waals surface area contributed by atoms with Gasteiger partial charge >= 0.3 is 0 Å². The summed E-state index contributed by atoms with van der Waals surface area (Å²) in [6, 6.07) is 0.108. The second kappa shape index (κ2) is 6.68. The molecule has 1 aromatic heterocycles. The van der Waals surface area contributed by atoms with Crippen molar-refractivity contribution in [3.8, 4) is 0 Å². The molecule has 0 aliphatic carbocycles. The van der Waals surface area contributed by atoms with Gasteiger partial charge in [-0.25, -0.2) is 0 Å². The molecule has 1 fully saturated rings. The standard InChI is InChI=1S/C13H22N4O2/c1-17-8-11(12(9-17)19-2)16-13(18)5-3-4-10-6-14-15-7-10/h6-7,11-12H,3-5,8-9H2,1-2H3,(H,14,15)(H,16,18)/t11-,12-/m0/s1. The van der Waals surface area contributed by atoms with Gasteiger partial charge in [-0.2, -0.15) is 5.10 Å². The van der Waals surface area contributed by atoms with Crippen molar-refractivity contribution in [3.05, 3.63) is 18.0 Å². The molecule has 0 spiro atoms. The van der Waals surface area contributed by atoms with E-state index in [0.717, 1.165) is 31.5 Å². The topological polar surface area (TPSA) is 70.2 Å². The lowest BCUT2D eigenvalue weighted by molar-refractivity contribution is -0.122. The highest BCUT2D eigenvalue weighted by Gasteiger charge is 2.31. The van der Waals surface area contributed by atoms with Gasteiger partial charge < -0.3 is 15.0 Å². The Labute approximate surface area is 113 Å². The Morgan fingerprint density at radius 2 is 2.47 bits per heavy atom. The number of aromatic amines is 1. The number of aromatic nitrogens is 2. The fraction of sp³-hybridized carbons (Fsp3) is 0.692. The molecule has 1 aliphatic rings. The SMILES string of the molecule is CO[C@H]1CN(C)C[C@@H]1NC(=O)CCCc1cn[nH]c1. The number of likely N-dealkylation sites (tertiary alicyclic amines) is 1. The lowest BCUT2D eigenvalue weighted by Crippen LogP contribution is -2.43. The van der Waals surface area contributed by atoms with Crippen molar-refractivity contribution in [2.24, 2.45) is 0 Å². The molecule has 0 aromatic carbocycles. The highest BCUT2D eigenvalue weighted by atomic mass is 16.5. The molecule has 2 atom stereocenters. The van der Waals surface area contributed by atoms with Crippen LogP contribution in [0.5, 0.6) is 0 Å². The third-order valence-corrected chi connectivity index (χ3v) is 3.52. The van der Waals surface area contributed by atoms with Crippen LogP contribution in [0.3, 0.4) is 0 Å². The van der Waals surface area contributed by atoms with Gasteiger partial charge in [0.15, 0.2) is 0 Å². The Morgan fingerprint density at radius 1 is 1.63 bits per heavy atom. The number of likely N-dealkylation sites (N-methyl/N-ethyl adjacent to an activating group) is 1. The minimum atomic E-state index is 0.0998. The lowest BCUT2D eigenvalue weighted by Gasteiger charge is -2.18. The second-order valence-corrected chi connectivity index (χ2v) is 5.13. The average molecular weight is 266 g/mol. The number of hydrogen-bond acceptors (Lipinski definition) is 4. The minimum Gasteiger partial charge on any atom is -0.378 e. The largest absolute Gasteiger partial charge is 0.378 e. The summed E-state index contributed by atoms with van der Waals surface area (Å²) in [4.78, 5) is 14.1. The van der Waals surface area contributed by atoms with Gasteiger partial charge in [-0.15, -0.1) is 0 Å². The highest BCUT2D eigenvalue weighted by molar-refractivity contribution is 5.76. The van der Waals surface area contributed by atoms with E-state index in [1.807, 2.05) is 13.2 Å². The first-order valence-corrected chi connectivity index (χ1v) is 6.67. The highest BCUT2D eigenvalue weighted by Crippen LogP contribution is 2.11. The number of nitrogens with zero attached hydrogens (tertiary/aromatic N) is 2. The maximum atomic E-state index is 11.9. The van der Waals surface area contributed by atoms with E-state index >= 15 is 0 Å². The number of methoxy groups -OCH3 is 1. The predicted molar refractivity (Wildman–Crippen MR) is 71.8 cm³/mol. The Morgan fingerprint density at radius 3 is 3.16 bits per heavy atom. The van der Waals surface area contributed by atoms with E-state index < -0.39 is 0 Å². The second-order valence-electron chi connectivity index (χ2n) is 5.13. The molecule has 6 nitrogen and oxygen atoms in total. The van der Waals surface area contributed by atoms with Gasteiger partial charge in [-0.05, 0) is 25.5 Å². The fourth-order valence-corrected chi connectivity index (χ4v) is 2.49. The summed E-state index contributed by atoms with van der Waals surface area (Å²) in [6.45, 7) is 1.72. The zero-order chi connectivity index (χ0) is 13.7. The van der Waals surface area contributed by atoms with Crippen molar-refractivity contribution in [1.29, 1.82) is 0 Å². The number of aryl methyl sites for hydroxylation is 1. The van der Waals surface area contributed by atoms with E-state index in [9.17, 15) is 4.79 Å². The number of nitrogens with one attached hydrogen (secondary N) is 2. The van der Waals surface area contributed by atoms with Crippen LogP contribution in [-0.2, 0) is 16.0 Å². The quantitative estimate of drug-likeness (QED) is 0.770. The normalized spacial score (nSPS) is 23.7. The van der Waals surface area contributed by atoms with Crippen molar-refractivity contribution in [2.45, 2.75) is 31.4 Å². The van der Waals surface area contributed by atoms with Crippen molar-refractivity contribution in [1.82, 2.24) is 20.4 Å². The molecular weight excluding hydrogens is 244 g/mol. The lowest BCUT2D eigenvalue weighted by atomic mass is 10.1. The first kappa shape index (κ1) is 14.0. The first-order valence-electron chi connectivity index (χ1n) is 6.67. The van der Waals surface area contributed by atoms with Crippen LogP contribution in [-0.4, -0.2) is 60.4 Å². The number of H-pyrrole nitrogens is 1.